The molecule has 0 radical (unpaired) electrons. The lowest BCUT2D eigenvalue weighted by Gasteiger charge is -2.23. The third kappa shape index (κ3) is 5.25. The molecule has 0 aliphatic heterocycles. The molecule has 1 aliphatic rings. The van der Waals surface area contributed by atoms with E-state index in [-0.39, 0.29) is 24.9 Å². The molecule has 1 atom stereocenters. The number of para-hydroxylation sites is 1. The van der Waals surface area contributed by atoms with Crippen molar-refractivity contribution in [3.63, 3.8) is 0 Å². The van der Waals surface area contributed by atoms with Crippen LogP contribution in [0.15, 0.2) is 30.5 Å². The summed E-state index contributed by atoms with van der Waals surface area (Å²) in [5, 5.41) is 18.2. The monoisotopic (exact) mass is 386 g/mol. The van der Waals surface area contributed by atoms with Crippen LogP contribution in [0.2, 0.25) is 0 Å². The molecule has 0 saturated heterocycles. The Balaban J connectivity index is 1.50. The molecule has 8 nitrogen and oxygen atoms in total. The molecule has 1 heterocycles. The van der Waals surface area contributed by atoms with Crippen LogP contribution in [-0.2, 0) is 16.0 Å². The van der Waals surface area contributed by atoms with E-state index in [0.717, 1.165) is 42.1 Å². The molecule has 2 aromatic rings. The molecular weight excluding hydrogens is 360 g/mol. The van der Waals surface area contributed by atoms with Crippen molar-refractivity contribution in [3.05, 3.63) is 36.0 Å². The summed E-state index contributed by atoms with van der Waals surface area (Å²) in [4.78, 5) is 38.7. The zero-order valence-electron chi connectivity index (χ0n) is 15.7. The zero-order valence-corrected chi connectivity index (χ0v) is 15.7. The lowest BCUT2D eigenvalue weighted by atomic mass is 9.95. The smallest absolute Gasteiger partial charge is 0.326 e. The fourth-order valence-electron chi connectivity index (χ4n) is 3.62. The predicted molar refractivity (Wildman–Crippen MR) is 105 cm³/mol. The van der Waals surface area contributed by atoms with E-state index < -0.39 is 18.0 Å². The van der Waals surface area contributed by atoms with E-state index in [1.807, 2.05) is 24.3 Å². The molecule has 1 aromatic carbocycles. The first kappa shape index (κ1) is 19.7. The summed E-state index contributed by atoms with van der Waals surface area (Å²) < 4.78 is 0. The number of hydrogen-bond acceptors (Lipinski definition) is 3. The lowest BCUT2D eigenvalue weighted by molar-refractivity contribution is -0.139. The summed E-state index contributed by atoms with van der Waals surface area (Å²) in [5.41, 5.74) is 1.71. The van der Waals surface area contributed by atoms with Crippen molar-refractivity contribution in [2.24, 2.45) is 0 Å². The second-order valence-electron chi connectivity index (χ2n) is 7.18. The van der Waals surface area contributed by atoms with Crippen molar-refractivity contribution in [2.45, 2.75) is 50.6 Å². The number of carbonyl (C=O) groups is 3. The minimum Gasteiger partial charge on any atom is -0.480 e. The first-order valence-corrected chi connectivity index (χ1v) is 9.64. The summed E-state index contributed by atoms with van der Waals surface area (Å²) >= 11 is 0. The van der Waals surface area contributed by atoms with Crippen LogP contribution in [0, 0.1) is 0 Å². The number of aromatic amines is 1. The van der Waals surface area contributed by atoms with E-state index >= 15 is 0 Å². The van der Waals surface area contributed by atoms with Crippen molar-refractivity contribution in [1.82, 2.24) is 20.9 Å². The highest BCUT2D eigenvalue weighted by atomic mass is 16.4. The minimum absolute atomic E-state index is 0.140. The fraction of sp³-hybridized carbons (Fsp3) is 0.450. The van der Waals surface area contributed by atoms with E-state index in [4.69, 9.17) is 0 Å². The second-order valence-corrected chi connectivity index (χ2v) is 7.18. The Morgan fingerprint density at radius 3 is 2.64 bits per heavy atom. The lowest BCUT2D eigenvalue weighted by Crippen LogP contribution is -2.50. The van der Waals surface area contributed by atoms with E-state index in [0.29, 0.717) is 0 Å². The maximum atomic E-state index is 12.1. The number of carboxylic acid groups (broad SMARTS) is 1. The molecule has 28 heavy (non-hydrogen) atoms. The van der Waals surface area contributed by atoms with Gasteiger partial charge in [0.25, 0.3) is 0 Å². The van der Waals surface area contributed by atoms with Crippen LogP contribution in [0.1, 0.15) is 37.7 Å². The van der Waals surface area contributed by atoms with Gasteiger partial charge in [0.2, 0.25) is 5.91 Å². The van der Waals surface area contributed by atoms with Gasteiger partial charge in [-0.05, 0) is 24.5 Å². The number of carboxylic acids is 1. The number of nitrogens with one attached hydrogen (secondary N) is 4. The molecule has 1 aliphatic carbocycles. The van der Waals surface area contributed by atoms with Crippen LogP contribution >= 0.6 is 0 Å². The molecule has 3 rings (SSSR count). The Bertz CT molecular complexity index is 842. The van der Waals surface area contributed by atoms with Crippen LogP contribution in [0.5, 0.6) is 0 Å². The van der Waals surface area contributed by atoms with Gasteiger partial charge in [-0.15, -0.1) is 0 Å². The molecule has 5 N–H and O–H groups in total. The first-order chi connectivity index (χ1) is 13.5. The topological polar surface area (TPSA) is 123 Å². The molecular formula is C20H26N4O4. The van der Waals surface area contributed by atoms with Gasteiger partial charge in [-0.2, -0.15) is 0 Å². The van der Waals surface area contributed by atoms with E-state index in [9.17, 15) is 19.5 Å². The van der Waals surface area contributed by atoms with Gasteiger partial charge < -0.3 is 26.0 Å². The molecule has 1 saturated carbocycles. The van der Waals surface area contributed by atoms with Gasteiger partial charge in [-0.25, -0.2) is 9.59 Å². The third-order valence-corrected chi connectivity index (χ3v) is 5.08. The molecule has 150 valence electrons. The van der Waals surface area contributed by atoms with Gasteiger partial charge >= 0.3 is 12.0 Å². The fourth-order valence-corrected chi connectivity index (χ4v) is 3.62. The van der Waals surface area contributed by atoms with E-state index in [1.165, 1.54) is 6.42 Å². The average Bonchev–Trinajstić information content (AvgIpc) is 3.09. The minimum atomic E-state index is -1.13. The van der Waals surface area contributed by atoms with Crippen LogP contribution in [-0.4, -0.2) is 46.6 Å². The number of aromatic nitrogens is 1. The van der Waals surface area contributed by atoms with Gasteiger partial charge in [0.05, 0.1) is 6.54 Å². The first-order valence-electron chi connectivity index (χ1n) is 9.64. The Labute approximate surface area is 163 Å². The highest BCUT2D eigenvalue weighted by molar-refractivity contribution is 5.88. The van der Waals surface area contributed by atoms with Crippen LogP contribution in [0.3, 0.4) is 0 Å². The largest absolute Gasteiger partial charge is 0.480 e. The predicted octanol–water partition coefficient (Wildman–Crippen LogP) is 1.91. The van der Waals surface area contributed by atoms with Crippen LogP contribution < -0.4 is 16.0 Å². The number of urea groups is 1. The molecule has 8 heteroatoms. The standard InChI is InChI=1S/C20H26N4O4/c25-18(23-14-6-2-1-3-7-14)12-22-20(28)24-17(19(26)27)10-13-11-21-16-9-5-4-8-15(13)16/h4-5,8-9,11,14,17,21H,1-3,6-7,10,12H2,(H,23,25)(H,26,27)(H2,22,24,28)/t17-/m1/s1. The van der Waals surface area contributed by atoms with Crippen LogP contribution in [0.25, 0.3) is 10.9 Å². The summed E-state index contributed by atoms with van der Waals surface area (Å²) in [6, 6.07) is 5.96. The second kappa shape index (κ2) is 9.25. The number of aliphatic carboxylic acids is 1. The Morgan fingerprint density at radius 1 is 1.14 bits per heavy atom. The normalized spacial score (nSPS) is 15.7. The number of H-pyrrole nitrogens is 1. The van der Waals surface area contributed by atoms with Gasteiger partial charge in [-0.1, -0.05) is 37.5 Å². The number of benzene rings is 1. The van der Waals surface area contributed by atoms with Crippen molar-refractivity contribution in [3.8, 4) is 0 Å². The number of rotatable bonds is 7. The quantitative estimate of drug-likeness (QED) is 0.499. The molecule has 1 aromatic heterocycles. The maximum Gasteiger partial charge on any atom is 0.326 e. The molecule has 0 unspecified atom stereocenters. The number of amides is 3. The highest BCUT2D eigenvalue weighted by Gasteiger charge is 2.22. The Kier molecular flexibility index (Phi) is 6.52. The average molecular weight is 386 g/mol. The molecule has 0 spiro atoms. The van der Waals surface area contributed by atoms with Gasteiger partial charge in [0.15, 0.2) is 0 Å². The number of carbonyl (C=O) groups excluding carboxylic acids is 2. The van der Waals surface area contributed by atoms with Crippen molar-refractivity contribution < 1.29 is 19.5 Å². The third-order valence-electron chi connectivity index (χ3n) is 5.08. The SMILES string of the molecule is O=C(CNC(=O)N[C@H](Cc1c[nH]c2ccccc12)C(=O)O)NC1CCCCC1. The van der Waals surface area contributed by atoms with Gasteiger partial charge in [0.1, 0.15) is 6.04 Å². The molecule has 3 amide bonds. The summed E-state index contributed by atoms with van der Waals surface area (Å²) in [5.74, 6) is -1.39. The molecule has 1 fully saturated rings. The van der Waals surface area contributed by atoms with Crippen molar-refractivity contribution >= 4 is 28.8 Å². The van der Waals surface area contributed by atoms with Gasteiger partial charge in [0, 0.05) is 29.6 Å². The van der Waals surface area contributed by atoms with Crippen molar-refractivity contribution in [2.75, 3.05) is 6.54 Å². The van der Waals surface area contributed by atoms with E-state index in [2.05, 4.69) is 20.9 Å². The summed E-state index contributed by atoms with van der Waals surface area (Å²) in [6.45, 7) is -0.179. The Morgan fingerprint density at radius 2 is 1.89 bits per heavy atom. The molecule has 0 bridgehead atoms. The zero-order chi connectivity index (χ0) is 19.9. The number of fused-ring (bicyclic) bond motifs is 1. The van der Waals surface area contributed by atoms with Crippen molar-refractivity contribution in [1.29, 1.82) is 0 Å². The number of hydrogen-bond donors (Lipinski definition) is 5. The Hall–Kier alpha value is -3.03. The summed E-state index contributed by atoms with van der Waals surface area (Å²) in [7, 11) is 0. The van der Waals surface area contributed by atoms with E-state index in [1.54, 1.807) is 6.20 Å². The highest BCUT2D eigenvalue weighted by Crippen LogP contribution is 2.19. The van der Waals surface area contributed by atoms with Gasteiger partial charge in [-0.3, -0.25) is 4.79 Å². The summed E-state index contributed by atoms with van der Waals surface area (Å²) in [6.07, 6.45) is 7.21. The van der Waals surface area contributed by atoms with Crippen LogP contribution in [0.4, 0.5) is 4.79 Å². The maximum absolute atomic E-state index is 12.1.